The van der Waals surface area contributed by atoms with Gasteiger partial charge in [0.25, 0.3) is 16.8 Å². The largest absolute Gasteiger partial charge is 0.396 e. The molecular weight excluding hydrogens is 478 g/mol. The first-order chi connectivity index (χ1) is 16.2. The minimum atomic E-state index is -0.637. The topological polar surface area (TPSA) is 130 Å². The molecule has 2 N–H and O–H groups in total. The number of thioether (sulfide) groups is 2. The number of nitrogens with one attached hydrogen (secondary N) is 1. The lowest BCUT2D eigenvalue weighted by Crippen LogP contribution is -2.36. The second-order valence-electron chi connectivity index (χ2n) is 7.65. The Hall–Kier alpha value is -3.15. The van der Waals surface area contributed by atoms with Crippen LogP contribution in [0.15, 0.2) is 52.3 Å². The maximum absolute atomic E-state index is 12.7. The van der Waals surface area contributed by atoms with Gasteiger partial charge >= 0.3 is 0 Å². The van der Waals surface area contributed by atoms with Gasteiger partial charge in [0, 0.05) is 17.5 Å². The maximum atomic E-state index is 12.7. The van der Waals surface area contributed by atoms with Crippen LogP contribution in [0, 0.1) is 10.1 Å². The first kappa shape index (κ1) is 25.5. The molecule has 0 aromatic heterocycles. The van der Waals surface area contributed by atoms with E-state index in [1.165, 1.54) is 18.2 Å². The molecule has 3 rings (SSSR count). The number of aliphatic hydroxyl groups excluding tert-OH is 1. The van der Waals surface area contributed by atoms with Gasteiger partial charge in [-0.15, -0.1) is 11.8 Å². The number of anilines is 1. The number of amides is 3. The third-order valence-electron chi connectivity index (χ3n) is 4.86. The van der Waals surface area contributed by atoms with Crippen molar-refractivity contribution < 1.29 is 24.4 Å². The van der Waals surface area contributed by atoms with Crippen LogP contribution in [0.4, 0.5) is 16.2 Å². The highest BCUT2D eigenvalue weighted by Crippen LogP contribution is 2.35. The van der Waals surface area contributed by atoms with Gasteiger partial charge in [0.1, 0.15) is 6.54 Å². The third kappa shape index (κ3) is 6.25. The Morgan fingerprint density at radius 2 is 1.94 bits per heavy atom. The number of imide groups is 1. The van der Waals surface area contributed by atoms with Crippen LogP contribution in [-0.2, 0) is 9.59 Å². The van der Waals surface area contributed by atoms with Crippen LogP contribution in [0.1, 0.15) is 30.9 Å². The number of hydrogen-bond acceptors (Lipinski definition) is 8. The monoisotopic (exact) mass is 501 g/mol. The Morgan fingerprint density at radius 3 is 2.56 bits per heavy atom. The van der Waals surface area contributed by atoms with Crippen LogP contribution in [0.2, 0.25) is 0 Å². The van der Waals surface area contributed by atoms with Crippen molar-refractivity contribution in [2.45, 2.75) is 24.7 Å². The Morgan fingerprint density at radius 1 is 1.24 bits per heavy atom. The fraction of sp³-hybridized carbons (Fsp3) is 0.261. The normalized spacial score (nSPS) is 14.8. The number of nitro groups is 1. The molecule has 178 valence electrons. The molecule has 2 aromatic rings. The van der Waals surface area contributed by atoms with Gasteiger partial charge in [0.15, 0.2) is 0 Å². The zero-order valence-corrected chi connectivity index (χ0v) is 20.1. The summed E-state index contributed by atoms with van der Waals surface area (Å²) in [5.41, 5.74) is 1.90. The molecule has 34 heavy (non-hydrogen) atoms. The fourth-order valence-corrected chi connectivity index (χ4v) is 4.72. The zero-order chi connectivity index (χ0) is 24.8. The fourth-order valence-electron chi connectivity index (χ4n) is 3.13. The number of aliphatic hydroxyl groups is 1. The Balaban J connectivity index is 1.70. The highest BCUT2D eigenvalue weighted by atomic mass is 32.2. The summed E-state index contributed by atoms with van der Waals surface area (Å²) >= 11 is 1.82. The van der Waals surface area contributed by atoms with Crippen molar-refractivity contribution in [2.75, 3.05) is 24.2 Å². The van der Waals surface area contributed by atoms with Crippen molar-refractivity contribution in [3.63, 3.8) is 0 Å². The maximum Gasteiger partial charge on any atom is 0.294 e. The Labute approximate surface area is 204 Å². The average Bonchev–Trinajstić information content (AvgIpc) is 3.05. The quantitative estimate of drug-likeness (QED) is 0.223. The van der Waals surface area contributed by atoms with Crippen LogP contribution >= 0.6 is 23.5 Å². The molecule has 0 unspecified atom stereocenters. The summed E-state index contributed by atoms with van der Waals surface area (Å²) in [6, 6.07) is 11.8. The second kappa shape index (κ2) is 11.3. The van der Waals surface area contributed by atoms with E-state index in [1.807, 2.05) is 12.1 Å². The van der Waals surface area contributed by atoms with E-state index in [0.29, 0.717) is 39.6 Å². The lowest BCUT2D eigenvalue weighted by Gasteiger charge is -2.13. The van der Waals surface area contributed by atoms with Gasteiger partial charge in [-0.1, -0.05) is 32.0 Å². The van der Waals surface area contributed by atoms with E-state index in [9.17, 15) is 24.5 Å². The molecule has 11 heteroatoms. The number of nitro benzene ring substituents is 1. The highest BCUT2D eigenvalue weighted by Gasteiger charge is 2.36. The van der Waals surface area contributed by atoms with E-state index in [-0.39, 0.29) is 17.2 Å². The molecule has 1 heterocycles. The van der Waals surface area contributed by atoms with E-state index in [1.54, 1.807) is 18.2 Å². The van der Waals surface area contributed by atoms with Crippen LogP contribution in [0.25, 0.3) is 6.08 Å². The van der Waals surface area contributed by atoms with Crippen molar-refractivity contribution in [2.24, 2.45) is 0 Å². The Kier molecular flexibility index (Phi) is 8.48. The number of hydrogen-bond donors (Lipinski definition) is 2. The number of carbonyl (C=O) groups excluding carboxylic acids is 3. The predicted octanol–water partition coefficient (Wildman–Crippen LogP) is 4.48. The van der Waals surface area contributed by atoms with Gasteiger partial charge in [-0.05, 0) is 53.1 Å². The predicted molar refractivity (Wildman–Crippen MR) is 133 cm³/mol. The van der Waals surface area contributed by atoms with E-state index in [0.717, 1.165) is 22.2 Å². The molecule has 0 spiro atoms. The van der Waals surface area contributed by atoms with Crippen LogP contribution < -0.4 is 5.32 Å². The van der Waals surface area contributed by atoms with Gasteiger partial charge < -0.3 is 10.4 Å². The molecule has 0 bridgehead atoms. The molecule has 0 aliphatic carbocycles. The van der Waals surface area contributed by atoms with E-state index in [2.05, 4.69) is 19.2 Å². The standard InChI is InChI=1S/C23H23N3O6S2/c1-14(2)16-4-6-17(7-5-16)24-21(28)13-25-22(29)20(34-23(25)30)12-15-3-8-19(33-10-9-27)18(11-15)26(31)32/h3-8,11-12,14,27H,9-10,13H2,1-2H3,(H,24,28)/b20-12-. The third-order valence-corrected chi connectivity index (χ3v) is 6.81. The molecule has 9 nitrogen and oxygen atoms in total. The van der Waals surface area contributed by atoms with Gasteiger partial charge in [0.2, 0.25) is 5.91 Å². The highest BCUT2D eigenvalue weighted by molar-refractivity contribution is 8.18. The second-order valence-corrected chi connectivity index (χ2v) is 9.78. The van der Waals surface area contributed by atoms with Gasteiger partial charge in [-0.25, -0.2) is 0 Å². The van der Waals surface area contributed by atoms with Crippen LogP contribution in [0.3, 0.4) is 0 Å². The number of nitrogens with zero attached hydrogens (tertiary/aromatic N) is 2. The molecule has 1 saturated heterocycles. The molecule has 1 aliphatic heterocycles. The number of rotatable bonds is 9. The molecule has 3 amide bonds. The molecule has 0 atom stereocenters. The SMILES string of the molecule is CC(C)c1ccc(NC(=O)CN2C(=O)S/C(=C\c3ccc(SCCO)c([N+](=O)[O-])c3)C2=O)cc1. The van der Waals surface area contributed by atoms with E-state index >= 15 is 0 Å². The molecule has 1 aliphatic rings. The van der Waals surface area contributed by atoms with Crippen molar-refractivity contribution in [1.29, 1.82) is 0 Å². The summed E-state index contributed by atoms with van der Waals surface area (Å²) in [4.78, 5) is 49.6. The molecular formula is C23H23N3O6S2. The van der Waals surface area contributed by atoms with Crippen molar-refractivity contribution in [3.05, 3.63) is 68.6 Å². The van der Waals surface area contributed by atoms with E-state index < -0.39 is 28.5 Å². The first-order valence-electron chi connectivity index (χ1n) is 10.4. The van der Waals surface area contributed by atoms with Crippen LogP contribution in [-0.4, -0.2) is 50.9 Å². The van der Waals surface area contributed by atoms with Crippen LogP contribution in [0.5, 0.6) is 0 Å². The summed E-state index contributed by atoms with van der Waals surface area (Å²) in [6.45, 7) is 3.56. The first-order valence-corrected chi connectivity index (χ1v) is 12.2. The summed E-state index contributed by atoms with van der Waals surface area (Å²) in [5.74, 6) is -0.490. The summed E-state index contributed by atoms with van der Waals surface area (Å²) in [6.07, 6.45) is 1.39. The minimum Gasteiger partial charge on any atom is -0.396 e. The smallest absolute Gasteiger partial charge is 0.294 e. The van der Waals surface area contributed by atoms with Crippen molar-refractivity contribution in [3.8, 4) is 0 Å². The summed E-state index contributed by atoms with van der Waals surface area (Å²) < 4.78 is 0. The molecule has 2 aromatic carbocycles. The number of benzene rings is 2. The lowest BCUT2D eigenvalue weighted by atomic mass is 10.0. The van der Waals surface area contributed by atoms with Gasteiger partial charge in [0.05, 0.1) is 21.3 Å². The van der Waals surface area contributed by atoms with Crippen molar-refractivity contribution in [1.82, 2.24) is 4.90 Å². The lowest BCUT2D eigenvalue weighted by molar-refractivity contribution is -0.387. The number of carbonyl (C=O) groups is 3. The van der Waals surface area contributed by atoms with Crippen molar-refractivity contribution >= 4 is 58.0 Å². The van der Waals surface area contributed by atoms with Gasteiger partial charge in [-0.3, -0.25) is 29.4 Å². The average molecular weight is 502 g/mol. The van der Waals surface area contributed by atoms with Gasteiger partial charge in [-0.2, -0.15) is 0 Å². The molecule has 0 saturated carbocycles. The molecule has 1 fully saturated rings. The van der Waals surface area contributed by atoms with E-state index in [4.69, 9.17) is 5.11 Å². The minimum absolute atomic E-state index is 0.0733. The molecule has 0 radical (unpaired) electrons. The summed E-state index contributed by atoms with van der Waals surface area (Å²) in [5, 5.41) is 22.4. The zero-order valence-electron chi connectivity index (χ0n) is 18.5. The Bertz CT molecular complexity index is 1150. The summed E-state index contributed by atoms with van der Waals surface area (Å²) in [7, 11) is 0.